The Morgan fingerprint density at radius 2 is 2.13 bits per heavy atom. The van der Waals surface area contributed by atoms with Gasteiger partial charge in [-0.25, -0.2) is 4.39 Å². The van der Waals surface area contributed by atoms with Crippen LogP contribution >= 0.6 is 0 Å². The summed E-state index contributed by atoms with van der Waals surface area (Å²) in [5.74, 6) is -0.214. The van der Waals surface area contributed by atoms with Crippen molar-refractivity contribution in [1.29, 1.82) is 0 Å². The molecule has 0 radical (unpaired) electrons. The Morgan fingerprint density at radius 1 is 1.47 bits per heavy atom. The van der Waals surface area contributed by atoms with E-state index in [1.807, 2.05) is 13.0 Å². The Bertz CT molecular complexity index is 323. The molecule has 0 saturated heterocycles. The molecule has 0 heterocycles. The lowest BCUT2D eigenvalue weighted by Crippen LogP contribution is -2.27. The van der Waals surface area contributed by atoms with Crippen molar-refractivity contribution in [2.24, 2.45) is 5.73 Å². The van der Waals surface area contributed by atoms with Gasteiger partial charge in [-0.05, 0) is 30.5 Å². The highest BCUT2D eigenvalue weighted by atomic mass is 19.1. The summed E-state index contributed by atoms with van der Waals surface area (Å²) in [7, 11) is 1.62. The molecule has 0 fully saturated rings. The lowest BCUT2D eigenvalue weighted by molar-refractivity contribution is 0.0771. The molecule has 1 aromatic rings. The molecule has 1 rings (SSSR count). The molecule has 0 aliphatic rings. The predicted octanol–water partition coefficient (Wildman–Crippen LogP) is 2.56. The van der Waals surface area contributed by atoms with Crippen molar-refractivity contribution >= 4 is 0 Å². The molecular formula is C12H18FNO. The topological polar surface area (TPSA) is 35.2 Å². The molecule has 0 saturated carbocycles. The quantitative estimate of drug-likeness (QED) is 0.830. The van der Waals surface area contributed by atoms with E-state index < -0.39 is 0 Å². The van der Waals surface area contributed by atoms with Gasteiger partial charge in [0.2, 0.25) is 0 Å². The summed E-state index contributed by atoms with van der Waals surface area (Å²) < 4.78 is 18.6. The molecule has 2 atom stereocenters. The van der Waals surface area contributed by atoms with Crippen LogP contribution in [0.3, 0.4) is 0 Å². The second-order valence-electron chi connectivity index (χ2n) is 3.72. The van der Waals surface area contributed by atoms with Crippen molar-refractivity contribution in [3.05, 3.63) is 35.1 Å². The molecule has 0 amide bonds. The lowest BCUT2D eigenvalue weighted by Gasteiger charge is -2.21. The van der Waals surface area contributed by atoms with Gasteiger partial charge < -0.3 is 10.5 Å². The van der Waals surface area contributed by atoms with Crippen molar-refractivity contribution < 1.29 is 9.13 Å². The number of aryl methyl sites for hydroxylation is 1. The summed E-state index contributed by atoms with van der Waals surface area (Å²) in [6, 6.07) is 4.81. The fraction of sp³-hybridized carbons (Fsp3) is 0.500. The zero-order chi connectivity index (χ0) is 11.4. The van der Waals surface area contributed by atoms with E-state index >= 15 is 0 Å². The highest BCUT2D eigenvalue weighted by Gasteiger charge is 2.17. The second-order valence-corrected chi connectivity index (χ2v) is 3.72. The zero-order valence-corrected chi connectivity index (χ0v) is 9.46. The largest absolute Gasteiger partial charge is 0.379 e. The Labute approximate surface area is 90.2 Å². The number of hydrogen-bond donors (Lipinski definition) is 1. The third kappa shape index (κ3) is 2.76. The molecule has 2 nitrogen and oxygen atoms in total. The van der Waals surface area contributed by atoms with E-state index in [2.05, 4.69) is 0 Å². The Morgan fingerprint density at radius 3 is 2.60 bits per heavy atom. The van der Waals surface area contributed by atoms with Crippen molar-refractivity contribution in [2.45, 2.75) is 32.4 Å². The third-order valence-corrected chi connectivity index (χ3v) is 2.69. The molecule has 3 heteroatoms. The van der Waals surface area contributed by atoms with Crippen LogP contribution in [-0.4, -0.2) is 13.2 Å². The number of benzene rings is 1. The first-order chi connectivity index (χ1) is 7.10. The van der Waals surface area contributed by atoms with E-state index in [-0.39, 0.29) is 18.0 Å². The summed E-state index contributed by atoms with van der Waals surface area (Å²) in [5, 5.41) is 0. The van der Waals surface area contributed by atoms with Crippen LogP contribution in [0.2, 0.25) is 0 Å². The van der Waals surface area contributed by atoms with Crippen LogP contribution in [0.5, 0.6) is 0 Å². The van der Waals surface area contributed by atoms with Crippen LogP contribution in [-0.2, 0) is 4.74 Å². The van der Waals surface area contributed by atoms with Gasteiger partial charge >= 0.3 is 0 Å². The van der Waals surface area contributed by atoms with Crippen LogP contribution in [0.1, 0.15) is 30.5 Å². The first-order valence-corrected chi connectivity index (χ1v) is 5.14. The summed E-state index contributed by atoms with van der Waals surface area (Å²) >= 11 is 0. The van der Waals surface area contributed by atoms with Gasteiger partial charge in [-0.3, -0.25) is 0 Å². The molecule has 0 aliphatic heterocycles. The fourth-order valence-electron chi connectivity index (χ4n) is 1.60. The van der Waals surface area contributed by atoms with Crippen molar-refractivity contribution in [3.8, 4) is 0 Å². The molecule has 0 aromatic heterocycles. The highest BCUT2D eigenvalue weighted by molar-refractivity contribution is 5.26. The van der Waals surface area contributed by atoms with Crippen LogP contribution in [0.25, 0.3) is 0 Å². The van der Waals surface area contributed by atoms with Gasteiger partial charge in [0.15, 0.2) is 0 Å². The molecule has 2 N–H and O–H groups in total. The standard InChI is InChI=1S/C12H18FNO/c1-4-11(15-3)12(14)9-6-5-8(2)10(13)7-9/h5-7,11-12H,4,14H2,1-3H3. The molecular weight excluding hydrogens is 193 g/mol. The van der Waals surface area contributed by atoms with Crippen LogP contribution in [0, 0.1) is 12.7 Å². The minimum Gasteiger partial charge on any atom is -0.379 e. The van der Waals surface area contributed by atoms with Gasteiger partial charge in [-0.15, -0.1) is 0 Å². The average Bonchev–Trinajstić information content (AvgIpc) is 2.23. The predicted molar refractivity (Wildman–Crippen MR) is 59.2 cm³/mol. The van der Waals surface area contributed by atoms with Crippen LogP contribution in [0.15, 0.2) is 18.2 Å². The number of methoxy groups -OCH3 is 1. The molecule has 0 bridgehead atoms. The monoisotopic (exact) mass is 211 g/mol. The van der Waals surface area contributed by atoms with Gasteiger partial charge in [0.05, 0.1) is 12.1 Å². The Kier molecular flexibility index (Phi) is 4.24. The number of ether oxygens (including phenoxy) is 1. The van der Waals surface area contributed by atoms with E-state index in [9.17, 15) is 4.39 Å². The van der Waals surface area contributed by atoms with Crippen molar-refractivity contribution in [1.82, 2.24) is 0 Å². The Balaban J connectivity index is 2.90. The number of halogens is 1. The van der Waals surface area contributed by atoms with E-state index in [0.717, 1.165) is 12.0 Å². The van der Waals surface area contributed by atoms with Gasteiger partial charge in [0.25, 0.3) is 0 Å². The summed E-state index contributed by atoms with van der Waals surface area (Å²) in [6.45, 7) is 3.73. The molecule has 84 valence electrons. The van der Waals surface area contributed by atoms with Gasteiger partial charge in [0, 0.05) is 7.11 Å². The maximum Gasteiger partial charge on any atom is 0.126 e. The molecule has 0 aliphatic carbocycles. The summed E-state index contributed by atoms with van der Waals surface area (Å²) in [5.41, 5.74) is 7.41. The number of nitrogens with two attached hydrogens (primary N) is 1. The maximum absolute atomic E-state index is 13.3. The van der Waals surface area contributed by atoms with Crippen LogP contribution in [0.4, 0.5) is 4.39 Å². The number of rotatable bonds is 4. The first kappa shape index (κ1) is 12.1. The van der Waals surface area contributed by atoms with Crippen LogP contribution < -0.4 is 5.73 Å². The molecule has 2 unspecified atom stereocenters. The van der Waals surface area contributed by atoms with Gasteiger partial charge in [-0.1, -0.05) is 19.1 Å². The third-order valence-electron chi connectivity index (χ3n) is 2.69. The number of hydrogen-bond acceptors (Lipinski definition) is 2. The van der Waals surface area contributed by atoms with E-state index in [4.69, 9.17) is 10.5 Å². The first-order valence-electron chi connectivity index (χ1n) is 5.14. The lowest BCUT2D eigenvalue weighted by atomic mass is 9.99. The summed E-state index contributed by atoms with van der Waals surface area (Å²) in [6.07, 6.45) is 0.750. The maximum atomic E-state index is 13.3. The minimum atomic E-state index is -0.268. The smallest absolute Gasteiger partial charge is 0.126 e. The van der Waals surface area contributed by atoms with E-state index in [0.29, 0.717) is 5.56 Å². The SMILES string of the molecule is CCC(OC)C(N)c1ccc(C)c(F)c1. The zero-order valence-electron chi connectivity index (χ0n) is 9.46. The highest BCUT2D eigenvalue weighted by Crippen LogP contribution is 2.20. The van der Waals surface area contributed by atoms with Gasteiger partial charge in [-0.2, -0.15) is 0 Å². The van der Waals surface area contributed by atoms with E-state index in [1.54, 1.807) is 20.1 Å². The van der Waals surface area contributed by atoms with Crippen molar-refractivity contribution in [3.63, 3.8) is 0 Å². The average molecular weight is 211 g/mol. The molecule has 15 heavy (non-hydrogen) atoms. The fourth-order valence-corrected chi connectivity index (χ4v) is 1.60. The minimum absolute atomic E-state index is 0.0629. The van der Waals surface area contributed by atoms with Crippen molar-refractivity contribution in [2.75, 3.05) is 7.11 Å². The Hall–Kier alpha value is -0.930. The second kappa shape index (κ2) is 5.24. The summed E-state index contributed by atoms with van der Waals surface area (Å²) in [4.78, 5) is 0. The van der Waals surface area contributed by atoms with E-state index in [1.165, 1.54) is 6.07 Å². The normalized spacial score (nSPS) is 15.0. The molecule has 1 aromatic carbocycles. The van der Waals surface area contributed by atoms with Gasteiger partial charge in [0.1, 0.15) is 5.82 Å². The molecule has 0 spiro atoms.